The van der Waals surface area contributed by atoms with Crippen molar-refractivity contribution < 1.29 is 19.4 Å². The highest BCUT2D eigenvalue weighted by Crippen LogP contribution is 2.40. The minimum absolute atomic E-state index is 0.0912. The standard InChI is InChI=1S/C16H16O4/c1-11-13(9-17)8-14(19-2)15(18)16(11)20-10-12-6-4-3-5-7-12/h3-9,18H,10H2,1-2H3. The molecule has 20 heavy (non-hydrogen) atoms. The van der Waals surface area contributed by atoms with Gasteiger partial charge < -0.3 is 14.6 Å². The minimum atomic E-state index is -0.0912. The van der Waals surface area contributed by atoms with Crippen LogP contribution < -0.4 is 9.47 Å². The molecule has 0 bridgehead atoms. The van der Waals surface area contributed by atoms with Gasteiger partial charge in [0.05, 0.1) is 7.11 Å². The van der Waals surface area contributed by atoms with Gasteiger partial charge in [0.15, 0.2) is 17.8 Å². The SMILES string of the molecule is COc1cc(C=O)c(C)c(OCc2ccccc2)c1O. The van der Waals surface area contributed by atoms with Crippen molar-refractivity contribution in [3.8, 4) is 17.2 Å². The van der Waals surface area contributed by atoms with E-state index in [-0.39, 0.29) is 17.2 Å². The highest BCUT2D eigenvalue weighted by molar-refractivity contribution is 5.81. The maximum Gasteiger partial charge on any atom is 0.201 e. The van der Waals surface area contributed by atoms with E-state index in [0.717, 1.165) is 5.56 Å². The number of carbonyl (C=O) groups is 1. The number of aromatic hydroxyl groups is 1. The summed E-state index contributed by atoms with van der Waals surface area (Å²) in [5, 5.41) is 10.1. The Balaban J connectivity index is 2.32. The second kappa shape index (κ2) is 6.10. The third kappa shape index (κ3) is 2.74. The van der Waals surface area contributed by atoms with Gasteiger partial charge in [0.1, 0.15) is 6.61 Å². The van der Waals surface area contributed by atoms with Crippen molar-refractivity contribution in [2.75, 3.05) is 7.11 Å². The molecule has 0 spiro atoms. The molecule has 2 rings (SSSR count). The third-order valence-corrected chi connectivity index (χ3v) is 3.08. The lowest BCUT2D eigenvalue weighted by Crippen LogP contribution is -2.01. The van der Waals surface area contributed by atoms with Crippen LogP contribution in [-0.2, 0) is 6.61 Å². The number of ether oxygens (including phenoxy) is 2. The molecular formula is C16H16O4. The molecule has 0 heterocycles. The number of benzene rings is 2. The topological polar surface area (TPSA) is 55.8 Å². The Morgan fingerprint density at radius 2 is 1.95 bits per heavy atom. The molecule has 0 unspecified atom stereocenters. The maximum absolute atomic E-state index is 11.0. The van der Waals surface area contributed by atoms with E-state index in [1.807, 2.05) is 30.3 Å². The van der Waals surface area contributed by atoms with Crippen LogP contribution in [0.5, 0.6) is 17.2 Å². The number of carbonyl (C=O) groups excluding carboxylic acids is 1. The van der Waals surface area contributed by atoms with Crippen LogP contribution in [0.1, 0.15) is 21.5 Å². The van der Waals surface area contributed by atoms with Crippen molar-refractivity contribution in [2.45, 2.75) is 13.5 Å². The molecule has 2 aromatic carbocycles. The van der Waals surface area contributed by atoms with Crippen LogP contribution in [-0.4, -0.2) is 18.5 Å². The molecule has 0 aromatic heterocycles. The van der Waals surface area contributed by atoms with Gasteiger partial charge in [0, 0.05) is 11.1 Å². The zero-order valence-corrected chi connectivity index (χ0v) is 11.4. The average molecular weight is 272 g/mol. The predicted octanol–water partition coefficient (Wildman–Crippen LogP) is 3.10. The van der Waals surface area contributed by atoms with Gasteiger partial charge in [-0.05, 0) is 18.6 Å². The molecule has 1 N–H and O–H groups in total. The van der Waals surface area contributed by atoms with Crippen molar-refractivity contribution in [1.29, 1.82) is 0 Å². The lowest BCUT2D eigenvalue weighted by molar-refractivity contribution is 0.112. The van der Waals surface area contributed by atoms with Crippen LogP contribution in [0.2, 0.25) is 0 Å². The van der Waals surface area contributed by atoms with Crippen LogP contribution in [0.15, 0.2) is 36.4 Å². The number of hydrogen-bond acceptors (Lipinski definition) is 4. The summed E-state index contributed by atoms with van der Waals surface area (Å²) in [5.74, 6) is 0.405. The number of phenolic OH excluding ortho intramolecular Hbond substituents is 1. The van der Waals surface area contributed by atoms with Gasteiger partial charge in [-0.25, -0.2) is 0 Å². The smallest absolute Gasteiger partial charge is 0.201 e. The molecule has 104 valence electrons. The van der Waals surface area contributed by atoms with Crippen molar-refractivity contribution in [1.82, 2.24) is 0 Å². The second-order valence-electron chi connectivity index (χ2n) is 4.36. The lowest BCUT2D eigenvalue weighted by Gasteiger charge is -2.15. The molecule has 0 amide bonds. The van der Waals surface area contributed by atoms with Crippen molar-refractivity contribution >= 4 is 6.29 Å². The Morgan fingerprint density at radius 3 is 2.55 bits per heavy atom. The first-order valence-corrected chi connectivity index (χ1v) is 6.19. The Kier molecular flexibility index (Phi) is 4.25. The highest BCUT2D eigenvalue weighted by atomic mass is 16.5. The minimum Gasteiger partial charge on any atom is -0.502 e. The van der Waals surface area contributed by atoms with E-state index in [1.165, 1.54) is 13.2 Å². The van der Waals surface area contributed by atoms with Crippen LogP contribution in [0, 0.1) is 6.92 Å². The Hall–Kier alpha value is -2.49. The Bertz CT molecular complexity index is 606. The Labute approximate surface area is 117 Å². The van der Waals surface area contributed by atoms with Gasteiger partial charge in [-0.3, -0.25) is 4.79 Å². The molecule has 0 fully saturated rings. The number of hydrogen-bond donors (Lipinski definition) is 1. The first kappa shape index (κ1) is 13.9. The number of methoxy groups -OCH3 is 1. The number of rotatable bonds is 5. The summed E-state index contributed by atoms with van der Waals surface area (Å²) in [6.45, 7) is 2.03. The summed E-state index contributed by atoms with van der Waals surface area (Å²) in [5.41, 5.74) is 2.00. The third-order valence-electron chi connectivity index (χ3n) is 3.08. The van der Waals surface area contributed by atoms with Gasteiger partial charge in [0.2, 0.25) is 5.75 Å². The van der Waals surface area contributed by atoms with Crippen LogP contribution >= 0.6 is 0 Å². The number of aldehydes is 1. The summed E-state index contributed by atoms with van der Waals surface area (Å²) < 4.78 is 10.7. The van der Waals surface area contributed by atoms with Gasteiger partial charge in [-0.15, -0.1) is 0 Å². The zero-order valence-electron chi connectivity index (χ0n) is 11.4. The van der Waals surface area contributed by atoms with Crippen LogP contribution in [0.4, 0.5) is 0 Å². The molecule has 0 aliphatic heterocycles. The van der Waals surface area contributed by atoms with Gasteiger partial charge >= 0.3 is 0 Å². The molecule has 4 heteroatoms. The molecule has 0 radical (unpaired) electrons. The fourth-order valence-corrected chi connectivity index (χ4v) is 1.92. The molecule has 0 saturated heterocycles. The van der Waals surface area contributed by atoms with E-state index in [9.17, 15) is 9.90 Å². The summed E-state index contributed by atoms with van der Waals surface area (Å²) >= 11 is 0. The molecule has 0 saturated carbocycles. The average Bonchev–Trinajstić information content (AvgIpc) is 2.48. The van der Waals surface area contributed by atoms with E-state index in [2.05, 4.69) is 0 Å². The first-order chi connectivity index (χ1) is 9.67. The van der Waals surface area contributed by atoms with E-state index < -0.39 is 0 Å². The normalized spacial score (nSPS) is 10.1. The van der Waals surface area contributed by atoms with Crippen molar-refractivity contribution in [3.63, 3.8) is 0 Å². The van der Waals surface area contributed by atoms with Gasteiger partial charge in [0.25, 0.3) is 0 Å². The monoisotopic (exact) mass is 272 g/mol. The summed E-state index contributed by atoms with van der Waals surface area (Å²) in [6, 6.07) is 11.1. The summed E-state index contributed by atoms with van der Waals surface area (Å²) in [6.07, 6.45) is 0.715. The first-order valence-electron chi connectivity index (χ1n) is 6.19. The van der Waals surface area contributed by atoms with Crippen molar-refractivity contribution in [2.24, 2.45) is 0 Å². The second-order valence-corrected chi connectivity index (χ2v) is 4.36. The molecule has 0 atom stereocenters. The van der Waals surface area contributed by atoms with Crippen LogP contribution in [0.25, 0.3) is 0 Å². The van der Waals surface area contributed by atoms with E-state index in [4.69, 9.17) is 9.47 Å². The largest absolute Gasteiger partial charge is 0.502 e. The van der Waals surface area contributed by atoms with Gasteiger partial charge in [-0.2, -0.15) is 0 Å². The van der Waals surface area contributed by atoms with E-state index in [1.54, 1.807) is 6.92 Å². The highest BCUT2D eigenvalue weighted by Gasteiger charge is 2.16. The fraction of sp³-hybridized carbons (Fsp3) is 0.188. The molecular weight excluding hydrogens is 256 g/mol. The lowest BCUT2D eigenvalue weighted by atomic mass is 10.1. The fourth-order valence-electron chi connectivity index (χ4n) is 1.92. The Morgan fingerprint density at radius 1 is 1.25 bits per heavy atom. The maximum atomic E-state index is 11.0. The number of phenols is 1. The molecule has 0 aliphatic carbocycles. The predicted molar refractivity (Wildman–Crippen MR) is 75.6 cm³/mol. The van der Waals surface area contributed by atoms with E-state index in [0.29, 0.717) is 24.0 Å². The van der Waals surface area contributed by atoms with Crippen LogP contribution in [0.3, 0.4) is 0 Å². The summed E-state index contributed by atoms with van der Waals surface area (Å²) in [7, 11) is 1.43. The van der Waals surface area contributed by atoms with E-state index >= 15 is 0 Å². The van der Waals surface area contributed by atoms with Crippen molar-refractivity contribution in [3.05, 3.63) is 53.1 Å². The molecule has 0 aliphatic rings. The van der Waals surface area contributed by atoms with Gasteiger partial charge in [-0.1, -0.05) is 30.3 Å². The summed E-state index contributed by atoms with van der Waals surface area (Å²) in [4.78, 5) is 11.0. The molecule has 4 nitrogen and oxygen atoms in total. The quantitative estimate of drug-likeness (QED) is 0.850. The zero-order chi connectivity index (χ0) is 14.5. The molecule has 2 aromatic rings.